The van der Waals surface area contributed by atoms with Gasteiger partial charge in [-0.3, -0.25) is 9.59 Å². The van der Waals surface area contributed by atoms with Crippen LogP contribution in [0.4, 0.5) is 0 Å². The summed E-state index contributed by atoms with van der Waals surface area (Å²) in [6.07, 6.45) is 5.01. The van der Waals surface area contributed by atoms with E-state index in [1.165, 1.54) is 0 Å². The van der Waals surface area contributed by atoms with Gasteiger partial charge >= 0.3 is 5.97 Å². The highest BCUT2D eigenvalue weighted by atomic mass is 16.4. The van der Waals surface area contributed by atoms with Crippen LogP contribution in [0, 0.1) is 17.8 Å². The van der Waals surface area contributed by atoms with Crippen molar-refractivity contribution in [2.75, 3.05) is 13.2 Å². The van der Waals surface area contributed by atoms with Gasteiger partial charge in [0.15, 0.2) is 0 Å². The second-order valence-corrected chi connectivity index (χ2v) is 6.32. The van der Waals surface area contributed by atoms with Crippen molar-refractivity contribution in [1.29, 1.82) is 0 Å². The number of carboxylic acids is 1. The third-order valence-electron chi connectivity index (χ3n) is 4.79. The van der Waals surface area contributed by atoms with Crippen molar-refractivity contribution in [3.05, 3.63) is 0 Å². The molecule has 0 radical (unpaired) electrons. The number of aliphatic hydroxyl groups is 1. The van der Waals surface area contributed by atoms with Crippen LogP contribution in [0.3, 0.4) is 0 Å². The molecule has 0 saturated heterocycles. The van der Waals surface area contributed by atoms with E-state index < -0.39 is 11.9 Å². The van der Waals surface area contributed by atoms with Gasteiger partial charge in [-0.15, -0.1) is 0 Å². The average molecular weight is 283 g/mol. The maximum absolute atomic E-state index is 12.7. The molecule has 0 spiro atoms. The van der Waals surface area contributed by atoms with Gasteiger partial charge in [-0.1, -0.05) is 6.92 Å². The summed E-state index contributed by atoms with van der Waals surface area (Å²) in [5.41, 5.74) is 0. The minimum absolute atomic E-state index is 0.0000926. The summed E-state index contributed by atoms with van der Waals surface area (Å²) in [6, 6.07) is 0.263. The molecule has 0 aromatic rings. The molecule has 5 nitrogen and oxygen atoms in total. The Labute approximate surface area is 120 Å². The first-order valence-electron chi connectivity index (χ1n) is 7.68. The van der Waals surface area contributed by atoms with Crippen molar-refractivity contribution in [2.45, 2.75) is 51.5 Å². The summed E-state index contributed by atoms with van der Waals surface area (Å²) in [5, 5.41) is 18.3. The number of nitrogens with zero attached hydrogens (tertiary/aromatic N) is 1. The largest absolute Gasteiger partial charge is 0.481 e. The van der Waals surface area contributed by atoms with Crippen LogP contribution >= 0.6 is 0 Å². The van der Waals surface area contributed by atoms with E-state index in [1.807, 2.05) is 11.8 Å². The first kappa shape index (κ1) is 15.3. The highest BCUT2D eigenvalue weighted by Gasteiger charge is 2.44. The standard InChI is InChI=1S/C15H25NO4/c1-10-8-12(13(9-10)15(19)20)14(18)16(6-3-7-17)11-4-2-5-11/h10-13,17H,2-9H2,1H3,(H,19,20)/t10?,12-,13+/m0/s1. The molecular formula is C15H25NO4. The molecule has 0 aromatic carbocycles. The number of carboxylic acid groups (broad SMARTS) is 1. The molecule has 114 valence electrons. The molecular weight excluding hydrogens is 258 g/mol. The van der Waals surface area contributed by atoms with Gasteiger partial charge in [-0.25, -0.2) is 0 Å². The lowest BCUT2D eigenvalue weighted by Crippen LogP contribution is -2.48. The zero-order valence-corrected chi connectivity index (χ0v) is 12.1. The zero-order chi connectivity index (χ0) is 14.7. The van der Waals surface area contributed by atoms with Gasteiger partial charge < -0.3 is 15.1 Å². The van der Waals surface area contributed by atoms with E-state index in [4.69, 9.17) is 5.11 Å². The van der Waals surface area contributed by atoms with Gasteiger partial charge in [0.25, 0.3) is 0 Å². The maximum Gasteiger partial charge on any atom is 0.307 e. The Kier molecular flexibility index (Phi) is 5.02. The number of carbonyl (C=O) groups is 2. The number of hydrogen-bond donors (Lipinski definition) is 2. The molecule has 2 saturated carbocycles. The molecule has 2 rings (SSSR count). The molecule has 0 heterocycles. The van der Waals surface area contributed by atoms with Crippen LogP contribution in [0.2, 0.25) is 0 Å². The van der Waals surface area contributed by atoms with Crippen molar-refractivity contribution < 1.29 is 19.8 Å². The van der Waals surface area contributed by atoms with Crippen molar-refractivity contribution in [3.8, 4) is 0 Å². The molecule has 2 N–H and O–H groups in total. The third-order valence-corrected chi connectivity index (χ3v) is 4.79. The highest BCUT2D eigenvalue weighted by molar-refractivity contribution is 5.85. The lowest BCUT2D eigenvalue weighted by atomic mass is 9.88. The number of hydrogen-bond acceptors (Lipinski definition) is 3. The highest BCUT2D eigenvalue weighted by Crippen LogP contribution is 2.39. The molecule has 3 atom stereocenters. The maximum atomic E-state index is 12.7. The summed E-state index contributed by atoms with van der Waals surface area (Å²) in [6.45, 7) is 2.64. The first-order chi connectivity index (χ1) is 9.54. The van der Waals surface area contributed by atoms with Crippen molar-refractivity contribution in [2.24, 2.45) is 17.8 Å². The quantitative estimate of drug-likeness (QED) is 0.774. The normalized spacial score (nSPS) is 30.0. The molecule has 2 fully saturated rings. The van der Waals surface area contributed by atoms with Crippen molar-refractivity contribution >= 4 is 11.9 Å². The number of aliphatic carboxylic acids is 1. The van der Waals surface area contributed by atoms with Crippen LogP contribution in [-0.4, -0.2) is 46.2 Å². The first-order valence-corrected chi connectivity index (χ1v) is 7.68. The van der Waals surface area contributed by atoms with E-state index in [2.05, 4.69) is 0 Å². The minimum atomic E-state index is -0.844. The molecule has 2 aliphatic carbocycles. The third kappa shape index (κ3) is 3.14. The Balaban J connectivity index is 2.07. The summed E-state index contributed by atoms with van der Waals surface area (Å²) in [7, 11) is 0. The van der Waals surface area contributed by atoms with Crippen molar-refractivity contribution in [1.82, 2.24) is 4.90 Å². The van der Waals surface area contributed by atoms with E-state index in [0.717, 1.165) is 19.3 Å². The Morgan fingerprint density at radius 1 is 1.20 bits per heavy atom. The van der Waals surface area contributed by atoms with Crippen LogP contribution in [0.1, 0.15) is 45.4 Å². The van der Waals surface area contributed by atoms with E-state index in [0.29, 0.717) is 31.7 Å². The molecule has 0 aromatic heterocycles. The fourth-order valence-corrected chi connectivity index (χ4v) is 3.46. The lowest BCUT2D eigenvalue weighted by molar-refractivity contribution is -0.151. The molecule has 1 unspecified atom stereocenters. The van der Waals surface area contributed by atoms with Gasteiger partial charge in [0.2, 0.25) is 5.91 Å². The van der Waals surface area contributed by atoms with Gasteiger partial charge in [-0.05, 0) is 44.4 Å². The second-order valence-electron chi connectivity index (χ2n) is 6.32. The Hall–Kier alpha value is -1.10. The van der Waals surface area contributed by atoms with E-state index in [9.17, 15) is 14.7 Å². The van der Waals surface area contributed by atoms with Gasteiger partial charge in [0, 0.05) is 19.2 Å². The van der Waals surface area contributed by atoms with Crippen LogP contribution in [0.15, 0.2) is 0 Å². The monoisotopic (exact) mass is 283 g/mol. The minimum Gasteiger partial charge on any atom is -0.481 e. The Morgan fingerprint density at radius 2 is 1.85 bits per heavy atom. The number of amides is 1. The molecule has 0 bridgehead atoms. The number of rotatable bonds is 6. The lowest BCUT2D eigenvalue weighted by Gasteiger charge is -2.39. The Morgan fingerprint density at radius 3 is 2.35 bits per heavy atom. The predicted molar refractivity (Wildman–Crippen MR) is 74.1 cm³/mol. The van der Waals surface area contributed by atoms with E-state index in [-0.39, 0.29) is 24.5 Å². The summed E-state index contributed by atoms with van der Waals surface area (Å²) in [4.78, 5) is 25.9. The SMILES string of the molecule is CC1C[C@H](C(=O)N(CCCO)C2CCC2)[C@H](C(=O)O)C1. The summed E-state index contributed by atoms with van der Waals surface area (Å²) >= 11 is 0. The molecule has 1 amide bonds. The average Bonchev–Trinajstić information content (AvgIpc) is 2.73. The van der Waals surface area contributed by atoms with Crippen molar-refractivity contribution in [3.63, 3.8) is 0 Å². The van der Waals surface area contributed by atoms with Crippen LogP contribution in [0.5, 0.6) is 0 Å². The summed E-state index contributed by atoms with van der Waals surface area (Å²) < 4.78 is 0. The zero-order valence-electron chi connectivity index (χ0n) is 12.1. The van der Waals surface area contributed by atoms with Crippen LogP contribution < -0.4 is 0 Å². The molecule has 2 aliphatic rings. The van der Waals surface area contributed by atoms with Gasteiger partial charge in [0.05, 0.1) is 11.8 Å². The van der Waals surface area contributed by atoms with Gasteiger partial charge in [-0.2, -0.15) is 0 Å². The fraction of sp³-hybridized carbons (Fsp3) is 0.867. The summed E-state index contributed by atoms with van der Waals surface area (Å²) in [5.74, 6) is -1.45. The molecule has 0 aliphatic heterocycles. The van der Waals surface area contributed by atoms with E-state index >= 15 is 0 Å². The number of aliphatic hydroxyl groups excluding tert-OH is 1. The topological polar surface area (TPSA) is 77.8 Å². The van der Waals surface area contributed by atoms with Gasteiger partial charge in [0.1, 0.15) is 0 Å². The predicted octanol–water partition coefficient (Wildman–Crippen LogP) is 1.50. The van der Waals surface area contributed by atoms with E-state index in [1.54, 1.807) is 0 Å². The smallest absolute Gasteiger partial charge is 0.307 e. The molecule has 20 heavy (non-hydrogen) atoms. The second kappa shape index (κ2) is 6.57. The van der Waals surface area contributed by atoms with Crippen LogP contribution in [-0.2, 0) is 9.59 Å². The fourth-order valence-electron chi connectivity index (χ4n) is 3.46. The number of carbonyl (C=O) groups excluding carboxylic acids is 1. The Bertz CT molecular complexity index is 367. The van der Waals surface area contributed by atoms with Crippen LogP contribution in [0.25, 0.3) is 0 Å². The molecule has 5 heteroatoms.